The van der Waals surface area contributed by atoms with E-state index in [1.54, 1.807) is 30.3 Å². The van der Waals surface area contributed by atoms with Gasteiger partial charge in [0.05, 0.1) is 24.0 Å². The summed E-state index contributed by atoms with van der Waals surface area (Å²) >= 11 is 0. The first-order valence-electron chi connectivity index (χ1n) is 10.0. The van der Waals surface area contributed by atoms with E-state index in [1.165, 1.54) is 7.11 Å². The maximum absolute atomic E-state index is 8.26. The van der Waals surface area contributed by atoms with Gasteiger partial charge in [0.25, 0.3) is 0 Å². The molecule has 3 aromatic rings. The van der Waals surface area contributed by atoms with Gasteiger partial charge in [-0.2, -0.15) is 4.98 Å². The summed E-state index contributed by atoms with van der Waals surface area (Å²) < 4.78 is 53.0. The highest BCUT2D eigenvalue weighted by atomic mass is 16.5. The molecule has 0 spiro atoms. The minimum Gasteiger partial charge on any atom is -0.480 e. The van der Waals surface area contributed by atoms with Gasteiger partial charge in [-0.05, 0) is 42.3 Å². The van der Waals surface area contributed by atoms with Crippen LogP contribution in [0.15, 0.2) is 60.6 Å². The van der Waals surface area contributed by atoms with Crippen molar-refractivity contribution in [3.05, 3.63) is 66.1 Å². The zero-order chi connectivity index (χ0) is 21.3. The SMILES string of the molecule is [2H]c1c([2H])c([2H])c(C([2H])[2H])c(-c2ccc(Nc3ccccc3N)nc2OC)c1[2H]. The number of nitrogen functional groups attached to an aromatic ring is 1. The lowest BCUT2D eigenvalue weighted by molar-refractivity contribution is 0.400. The summed E-state index contributed by atoms with van der Waals surface area (Å²) in [5.41, 5.74) is 7.27. The Labute approximate surface area is 144 Å². The van der Waals surface area contributed by atoms with Crippen molar-refractivity contribution < 1.29 is 13.0 Å². The van der Waals surface area contributed by atoms with E-state index in [0.29, 0.717) is 17.2 Å². The van der Waals surface area contributed by atoms with Crippen LogP contribution in [0.25, 0.3) is 11.1 Å². The summed E-state index contributed by atoms with van der Waals surface area (Å²) in [7, 11) is 1.39. The van der Waals surface area contributed by atoms with Crippen LogP contribution in [0.3, 0.4) is 0 Å². The molecule has 0 fully saturated rings. The molecule has 1 heterocycles. The fourth-order valence-corrected chi connectivity index (χ4v) is 2.14. The number of hydrogen-bond acceptors (Lipinski definition) is 4. The summed E-state index contributed by atoms with van der Waals surface area (Å²) in [5.74, 6) is 0.510. The van der Waals surface area contributed by atoms with Crippen molar-refractivity contribution in [1.29, 1.82) is 0 Å². The van der Waals surface area contributed by atoms with Gasteiger partial charge in [-0.1, -0.05) is 36.3 Å². The van der Waals surface area contributed by atoms with Gasteiger partial charge >= 0.3 is 0 Å². The van der Waals surface area contributed by atoms with Gasteiger partial charge in [0.2, 0.25) is 5.88 Å². The van der Waals surface area contributed by atoms with Crippen LogP contribution in [0.2, 0.25) is 0 Å². The van der Waals surface area contributed by atoms with Crippen LogP contribution < -0.4 is 15.8 Å². The van der Waals surface area contributed by atoms with Crippen molar-refractivity contribution in [2.75, 3.05) is 18.2 Å². The average Bonchev–Trinajstić information content (AvgIpc) is 2.70. The van der Waals surface area contributed by atoms with Crippen molar-refractivity contribution in [2.24, 2.45) is 0 Å². The lowest BCUT2D eigenvalue weighted by Crippen LogP contribution is -2.00. The molecule has 2 aromatic carbocycles. The van der Waals surface area contributed by atoms with Crippen LogP contribution in [0.4, 0.5) is 17.2 Å². The Kier molecular flexibility index (Phi) is 2.56. The van der Waals surface area contributed by atoms with E-state index in [0.717, 1.165) is 0 Å². The second-order valence-corrected chi connectivity index (χ2v) is 4.75. The second-order valence-electron chi connectivity index (χ2n) is 4.75. The number of anilines is 3. The maximum atomic E-state index is 8.26. The molecule has 0 saturated carbocycles. The van der Waals surface area contributed by atoms with Crippen LogP contribution in [-0.4, -0.2) is 12.1 Å². The number of aromatic nitrogens is 1. The standard InChI is InChI=1S/C19H19N3O/c1-13-7-3-4-8-14(13)15-11-12-18(22-19(15)23-2)21-17-10-6-5-9-16(17)20/h3-12H,20H2,1-2H3,(H,21,22)/i1D2,3D,4D,7D,8D. The number of benzene rings is 2. The number of para-hydroxylation sites is 2. The van der Waals surface area contributed by atoms with Gasteiger partial charge in [0, 0.05) is 8.30 Å². The maximum Gasteiger partial charge on any atom is 0.223 e. The molecule has 116 valence electrons. The van der Waals surface area contributed by atoms with Crippen molar-refractivity contribution in [1.82, 2.24) is 4.98 Å². The normalized spacial score (nSPS) is 14.2. The van der Waals surface area contributed by atoms with Crippen molar-refractivity contribution >= 4 is 17.2 Å². The van der Waals surface area contributed by atoms with Gasteiger partial charge < -0.3 is 15.8 Å². The molecule has 0 amide bonds. The quantitative estimate of drug-likeness (QED) is 0.701. The van der Waals surface area contributed by atoms with E-state index >= 15 is 0 Å². The molecule has 0 unspecified atom stereocenters. The van der Waals surface area contributed by atoms with E-state index in [9.17, 15) is 0 Å². The van der Waals surface area contributed by atoms with Gasteiger partial charge in [-0.15, -0.1) is 0 Å². The van der Waals surface area contributed by atoms with Gasteiger partial charge in [-0.25, -0.2) is 0 Å². The van der Waals surface area contributed by atoms with E-state index in [1.807, 2.05) is 6.07 Å². The largest absolute Gasteiger partial charge is 0.480 e. The van der Waals surface area contributed by atoms with Crippen LogP contribution in [-0.2, 0) is 0 Å². The first-order valence-corrected chi connectivity index (χ1v) is 6.87. The zero-order valence-electron chi connectivity index (χ0n) is 18.5. The Hall–Kier alpha value is -3.01. The average molecular weight is 311 g/mol. The first kappa shape index (κ1) is 9.20. The summed E-state index contributed by atoms with van der Waals surface area (Å²) in [5, 5.41) is 3.07. The molecule has 0 aliphatic carbocycles. The number of nitrogens with two attached hydrogens (primary N) is 1. The number of ether oxygens (including phenoxy) is 1. The Balaban J connectivity index is 2.17. The van der Waals surface area contributed by atoms with Gasteiger partial charge in [-0.3, -0.25) is 0 Å². The van der Waals surface area contributed by atoms with Crippen molar-refractivity contribution in [3.63, 3.8) is 0 Å². The molecule has 0 saturated heterocycles. The van der Waals surface area contributed by atoms with E-state index < -0.39 is 25.0 Å². The predicted octanol–water partition coefficient (Wildman–Crippen LogP) is 4.39. The van der Waals surface area contributed by atoms with Crippen LogP contribution in [0.5, 0.6) is 5.88 Å². The molecule has 1 aromatic heterocycles. The third-order valence-electron chi connectivity index (χ3n) is 3.26. The summed E-state index contributed by atoms with van der Waals surface area (Å²) in [6, 6.07) is 8.64. The third-order valence-corrected chi connectivity index (χ3v) is 3.26. The molecule has 0 aliphatic rings. The van der Waals surface area contributed by atoms with Crippen LogP contribution in [0.1, 0.15) is 13.8 Å². The van der Waals surface area contributed by atoms with Gasteiger partial charge in [0.1, 0.15) is 5.82 Å². The lowest BCUT2D eigenvalue weighted by Gasteiger charge is -2.13. The number of nitrogens with zero attached hydrogens (tertiary/aromatic N) is 1. The highest BCUT2D eigenvalue weighted by Gasteiger charge is 2.11. The molecule has 3 rings (SSSR count). The molecular weight excluding hydrogens is 286 g/mol. The first-order chi connectivity index (χ1) is 13.8. The Morgan fingerprint density at radius 3 is 2.74 bits per heavy atom. The Bertz CT molecular complexity index is 1070. The van der Waals surface area contributed by atoms with Crippen LogP contribution in [0, 0.1) is 6.88 Å². The summed E-state index contributed by atoms with van der Waals surface area (Å²) in [4.78, 5) is 4.36. The molecule has 4 nitrogen and oxygen atoms in total. The minimum atomic E-state index is -1.61. The minimum absolute atomic E-state index is 0.0288. The van der Waals surface area contributed by atoms with Crippen molar-refractivity contribution in [3.8, 4) is 17.0 Å². The molecule has 0 bridgehead atoms. The molecule has 0 radical (unpaired) electrons. The molecule has 0 aliphatic heterocycles. The molecule has 23 heavy (non-hydrogen) atoms. The second kappa shape index (κ2) is 6.40. The molecule has 4 heteroatoms. The van der Waals surface area contributed by atoms with Gasteiger partial charge in [0.15, 0.2) is 0 Å². The summed E-state index contributed by atoms with van der Waals surface area (Å²) in [6.07, 6.45) is 0. The molecule has 0 atom stereocenters. The predicted molar refractivity (Wildman–Crippen MR) is 95.1 cm³/mol. The molecular formula is C19H19N3O. The monoisotopic (exact) mass is 311 g/mol. The number of pyridine rings is 1. The number of hydrogen-bond donors (Lipinski definition) is 2. The number of rotatable bonds is 4. The van der Waals surface area contributed by atoms with E-state index in [-0.39, 0.29) is 28.6 Å². The highest BCUT2D eigenvalue weighted by Crippen LogP contribution is 2.32. The van der Waals surface area contributed by atoms with E-state index in [2.05, 4.69) is 10.3 Å². The lowest BCUT2D eigenvalue weighted by atomic mass is 10.0. The Morgan fingerprint density at radius 2 is 1.96 bits per heavy atom. The highest BCUT2D eigenvalue weighted by molar-refractivity contribution is 5.75. The van der Waals surface area contributed by atoms with Crippen molar-refractivity contribution in [2.45, 2.75) is 6.88 Å². The molecule has 3 N–H and O–H groups in total. The zero-order valence-corrected chi connectivity index (χ0v) is 12.5. The number of methoxy groups -OCH3 is 1. The topological polar surface area (TPSA) is 60.2 Å². The smallest absolute Gasteiger partial charge is 0.223 e. The van der Waals surface area contributed by atoms with E-state index in [4.69, 9.17) is 18.7 Å². The summed E-state index contributed by atoms with van der Waals surface area (Å²) in [6.45, 7) is -1.61. The number of nitrogens with one attached hydrogen (secondary N) is 1. The third kappa shape index (κ3) is 3.11. The fraction of sp³-hybridized carbons (Fsp3) is 0.105. The van der Waals surface area contributed by atoms with Crippen LogP contribution >= 0.6 is 0 Å². The Morgan fingerprint density at radius 1 is 1.13 bits per heavy atom. The fourth-order valence-electron chi connectivity index (χ4n) is 2.14.